The molecule has 0 unspecified atom stereocenters. The topological polar surface area (TPSA) is 32.9 Å². The fourth-order valence-corrected chi connectivity index (χ4v) is 4.21. The SMILES string of the molecule is O=c1[nH]c2c(c3c1CCc1ccccc1-3)CCc1ccccc1-2. The highest BCUT2D eigenvalue weighted by atomic mass is 16.1. The molecule has 23 heavy (non-hydrogen) atoms. The molecule has 3 aromatic rings. The lowest BCUT2D eigenvalue weighted by Gasteiger charge is -2.27. The minimum absolute atomic E-state index is 0.0879. The Balaban J connectivity index is 1.88. The molecule has 0 fully saturated rings. The van der Waals surface area contributed by atoms with Crippen LogP contribution in [-0.2, 0) is 25.7 Å². The fraction of sp³-hybridized carbons (Fsp3) is 0.190. The van der Waals surface area contributed by atoms with Gasteiger partial charge in [0.2, 0.25) is 0 Å². The third-order valence-corrected chi connectivity index (χ3v) is 5.28. The Morgan fingerprint density at radius 2 is 1.30 bits per heavy atom. The molecule has 2 aromatic carbocycles. The third kappa shape index (κ3) is 1.78. The van der Waals surface area contributed by atoms with Crippen LogP contribution in [0.2, 0.25) is 0 Å². The van der Waals surface area contributed by atoms with Crippen molar-refractivity contribution >= 4 is 0 Å². The third-order valence-electron chi connectivity index (χ3n) is 5.28. The van der Waals surface area contributed by atoms with E-state index in [1.54, 1.807) is 0 Å². The monoisotopic (exact) mass is 299 g/mol. The Kier molecular flexibility index (Phi) is 2.63. The standard InChI is InChI=1S/C21H17NO/c23-21-18-12-10-13-5-1-3-7-15(13)19(18)17-11-9-14-6-2-4-8-16(14)20(17)22-21/h1-8H,9-12H2,(H,22,23). The highest BCUT2D eigenvalue weighted by Crippen LogP contribution is 2.41. The maximum absolute atomic E-state index is 12.7. The predicted octanol–water partition coefficient (Wildman–Crippen LogP) is 3.91. The molecule has 0 saturated heterocycles. The number of hydrogen-bond acceptors (Lipinski definition) is 1. The normalized spacial score (nSPS) is 14.4. The average Bonchev–Trinajstić information content (AvgIpc) is 2.61. The van der Waals surface area contributed by atoms with Gasteiger partial charge < -0.3 is 4.98 Å². The van der Waals surface area contributed by atoms with Gasteiger partial charge >= 0.3 is 0 Å². The molecule has 0 amide bonds. The zero-order valence-electron chi connectivity index (χ0n) is 12.9. The van der Waals surface area contributed by atoms with Crippen molar-refractivity contribution in [3.8, 4) is 22.4 Å². The Bertz CT molecular complexity index is 997. The molecule has 0 aliphatic heterocycles. The fourth-order valence-electron chi connectivity index (χ4n) is 4.21. The first-order chi connectivity index (χ1) is 11.3. The van der Waals surface area contributed by atoms with Gasteiger partial charge in [0.1, 0.15) is 0 Å². The van der Waals surface area contributed by atoms with Gasteiger partial charge in [-0.3, -0.25) is 4.79 Å². The van der Waals surface area contributed by atoms with Crippen LogP contribution in [0.15, 0.2) is 53.3 Å². The van der Waals surface area contributed by atoms with E-state index in [2.05, 4.69) is 53.5 Å². The Hall–Kier alpha value is -2.61. The van der Waals surface area contributed by atoms with Gasteiger partial charge in [0.15, 0.2) is 0 Å². The molecule has 0 spiro atoms. The van der Waals surface area contributed by atoms with E-state index in [1.807, 2.05) is 0 Å². The van der Waals surface area contributed by atoms with Gasteiger partial charge in [-0.25, -0.2) is 0 Å². The second kappa shape index (κ2) is 4.69. The molecule has 112 valence electrons. The Morgan fingerprint density at radius 1 is 0.696 bits per heavy atom. The van der Waals surface area contributed by atoms with Gasteiger partial charge in [-0.15, -0.1) is 0 Å². The maximum Gasteiger partial charge on any atom is 0.252 e. The molecule has 2 nitrogen and oxygen atoms in total. The molecular weight excluding hydrogens is 282 g/mol. The highest BCUT2D eigenvalue weighted by molar-refractivity contribution is 5.83. The largest absolute Gasteiger partial charge is 0.321 e. The lowest BCUT2D eigenvalue weighted by atomic mass is 9.78. The molecule has 1 aromatic heterocycles. The number of aromatic amines is 1. The maximum atomic E-state index is 12.7. The molecule has 1 heterocycles. The second-order valence-corrected chi connectivity index (χ2v) is 6.48. The first-order valence-electron chi connectivity index (χ1n) is 8.27. The number of fused-ring (bicyclic) bond motifs is 7. The van der Waals surface area contributed by atoms with Gasteiger partial charge in [-0.1, -0.05) is 48.5 Å². The van der Waals surface area contributed by atoms with Crippen LogP contribution in [0.3, 0.4) is 0 Å². The van der Waals surface area contributed by atoms with Gasteiger partial charge in [-0.05, 0) is 53.5 Å². The quantitative estimate of drug-likeness (QED) is 0.671. The summed E-state index contributed by atoms with van der Waals surface area (Å²) in [5.74, 6) is 0. The number of pyridine rings is 1. The smallest absolute Gasteiger partial charge is 0.252 e. The van der Waals surface area contributed by atoms with E-state index in [9.17, 15) is 4.79 Å². The van der Waals surface area contributed by atoms with E-state index < -0.39 is 0 Å². The van der Waals surface area contributed by atoms with Crippen molar-refractivity contribution in [2.45, 2.75) is 25.7 Å². The summed E-state index contributed by atoms with van der Waals surface area (Å²) in [6, 6.07) is 17.0. The van der Waals surface area contributed by atoms with Crippen molar-refractivity contribution in [1.29, 1.82) is 0 Å². The van der Waals surface area contributed by atoms with Crippen molar-refractivity contribution in [2.75, 3.05) is 0 Å². The van der Waals surface area contributed by atoms with Crippen LogP contribution < -0.4 is 5.56 Å². The summed E-state index contributed by atoms with van der Waals surface area (Å²) in [5, 5.41) is 0. The van der Waals surface area contributed by atoms with Crippen molar-refractivity contribution in [3.05, 3.63) is 81.1 Å². The van der Waals surface area contributed by atoms with Crippen LogP contribution in [0, 0.1) is 0 Å². The van der Waals surface area contributed by atoms with E-state index in [-0.39, 0.29) is 5.56 Å². The summed E-state index contributed by atoms with van der Waals surface area (Å²) in [5.41, 5.74) is 9.78. The summed E-state index contributed by atoms with van der Waals surface area (Å²) in [7, 11) is 0. The summed E-state index contributed by atoms with van der Waals surface area (Å²) >= 11 is 0. The molecule has 0 bridgehead atoms. The van der Waals surface area contributed by atoms with E-state index >= 15 is 0 Å². The molecule has 1 N–H and O–H groups in total. The number of aryl methyl sites for hydroxylation is 2. The van der Waals surface area contributed by atoms with E-state index in [0.29, 0.717) is 0 Å². The van der Waals surface area contributed by atoms with Crippen LogP contribution in [0.5, 0.6) is 0 Å². The first-order valence-corrected chi connectivity index (χ1v) is 8.27. The zero-order valence-corrected chi connectivity index (χ0v) is 12.9. The number of rotatable bonds is 0. The molecular formula is C21H17NO. The van der Waals surface area contributed by atoms with Crippen molar-refractivity contribution in [1.82, 2.24) is 4.98 Å². The molecule has 2 aliphatic rings. The van der Waals surface area contributed by atoms with E-state index in [4.69, 9.17) is 0 Å². The molecule has 2 aliphatic carbocycles. The van der Waals surface area contributed by atoms with Crippen LogP contribution in [0.1, 0.15) is 22.3 Å². The highest BCUT2D eigenvalue weighted by Gasteiger charge is 2.27. The average molecular weight is 299 g/mol. The van der Waals surface area contributed by atoms with Crippen LogP contribution in [-0.4, -0.2) is 4.98 Å². The summed E-state index contributed by atoms with van der Waals surface area (Å²) < 4.78 is 0. The summed E-state index contributed by atoms with van der Waals surface area (Å²) in [4.78, 5) is 15.9. The van der Waals surface area contributed by atoms with E-state index in [1.165, 1.54) is 33.4 Å². The zero-order chi connectivity index (χ0) is 15.4. The second-order valence-electron chi connectivity index (χ2n) is 6.48. The minimum Gasteiger partial charge on any atom is -0.321 e. The van der Waals surface area contributed by atoms with Crippen LogP contribution >= 0.6 is 0 Å². The van der Waals surface area contributed by atoms with Crippen molar-refractivity contribution in [3.63, 3.8) is 0 Å². The van der Waals surface area contributed by atoms with E-state index in [0.717, 1.165) is 36.9 Å². The molecule has 0 saturated carbocycles. The lowest BCUT2D eigenvalue weighted by molar-refractivity contribution is 0.874. The summed E-state index contributed by atoms with van der Waals surface area (Å²) in [6.07, 6.45) is 3.85. The van der Waals surface area contributed by atoms with Gasteiger partial charge in [-0.2, -0.15) is 0 Å². The van der Waals surface area contributed by atoms with Crippen LogP contribution in [0.4, 0.5) is 0 Å². The molecule has 0 atom stereocenters. The first kappa shape index (κ1) is 12.9. The lowest BCUT2D eigenvalue weighted by Crippen LogP contribution is -2.23. The Labute approximate surface area is 134 Å². The number of hydrogen-bond donors (Lipinski definition) is 1. The predicted molar refractivity (Wildman–Crippen MR) is 92.8 cm³/mol. The van der Waals surface area contributed by atoms with Crippen molar-refractivity contribution < 1.29 is 0 Å². The molecule has 2 heteroatoms. The molecule has 0 radical (unpaired) electrons. The van der Waals surface area contributed by atoms with Crippen molar-refractivity contribution in [2.24, 2.45) is 0 Å². The van der Waals surface area contributed by atoms with Crippen LogP contribution in [0.25, 0.3) is 22.4 Å². The number of benzene rings is 2. The van der Waals surface area contributed by atoms with Gasteiger partial charge in [0.25, 0.3) is 5.56 Å². The molecule has 5 rings (SSSR count). The number of nitrogens with one attached hydrogen (secondary N) is 1. The number of H-pyrrole nitrogens is 1. The summed E-state index contributed by atoms with van der Waals surface area (Å²) in [6.45, 7) is 0. The minimum atomic E-state index is 0.0879. The van der Waals surface area contributed by atoms with Gasteiger partial charge in [0.05, 0.1) is 5.69 Å². The Morgan fingerprint density at radius 3 is 2.09 bits per heavy atom. The van der Waals surface area contributed by atoms with Gasteiger partial charge in [0, 0.05) is 11.1 Å². The number of aromatic nitrogens is 1.